The first-order valence-electron chi connectivity index (χ1n) is 6.47. The van der Waals surface area contributed by atoms with Crippen LogP contribution in [0.25, 0.3) is 0 Å². The van der Waals surface area contributed by atoms with Crippen molar-refractivity contribution in [1.29, 1.82) is 0 Å². The minimum Gasteiger partial charge on any atom is -0.261 e. The highest BCUT2D eigenvalue weighted by Crippen LogP contribution is 2.29. The largest absolute Gasteiger partial charge is 0.341 e. The van der Waals surface area contributed by atoms with E-state index in [9.17, 15) is 4.79 Å². The summed E-state index contributed by atoms with van der Waals surface area (Å²) >= 11 is 3.20. The molecule has 0 unspecified atom stereocenters. The number of unbranched alkanes of at least 4 members (excludes halogenated alkanes) is 3. The van der Waals surface area contributed by atoms with Crippen molar-refractivity contribution in [2.75, 3.05) is 24.4 Å². The normalized spacial score (nSPS) is 15.6. The van der Waals surface area contributed by atoms with Gasteiger partial charge in [0.1, 0.15) is 0 Å². The Morgan fingerprint density at radius 1 is 1.37 bits per heavy atom. The first-order valence-corrected chi connectivity index (χ1v) is 8.27. The first-order chi connectivity index (χ1) is 9.22. The number of rotatable bonds is 7. The van der Waals surface area contributed by atoms with Gasteiger partial charge in [-0.15, -0.1) is 10.2 Å². The Balaban J connectivity index is 1.80. The second-order valence-corrected chi connectivity index (χ2v) is 6.64. The Morgan fingerprint density at radius 3 is 2.89 bits per heavy atom. The number of nitrogens with one attached hydrogen (secondary N) is 1. The third-order valence-corrected chi connectivity index (χ3v) is 5.00. The van der Waals surface area contributed by atoms with Gasteiger partial charge in [-0.1, -0.05) is 49.3 Å². The molecule has 1 aromatic rings. The van der Waals surface area contributed by atoms with Crippen LogP contribution in [0.15, 0.2) is 4.34 Å². The number of aromatic nitrogens is 2. The summed E-state index contributed by atoms with van der Waals surface area (Å²) in [5.41, 5.74) is 2.94. The Morgan fingerprint density at radius 2 is 2.21 bits per heavy atom. The first kappa shape index (κ1) is 14.5. The van der Waals surface area contributed by atoms with Gasteiger partial charge in [-0.2, -0.15) is 0 Å². The fraction of sp³-hybridized carbons (Fsp3) is 0.727. The fourth-order valence-electron chi connectivity index (χ4n) is 1.70. The molecule has 106 valence electrons. The summed E-state index contributed by atoms with van der Waals surface area (Å²) < 4.78 is 0.939. The Labute approximate surface area is 121 Å². The van der Waals surface area contributed by atoms with Gasteiger partial charge in [-0.3, -0.25) is 9.91 Å². The zero-order valence-electron chi connectivity index (χ0n) is 11.3. The highest BCUT2D eigenvalue weighted by Gasteiger charge is 2.29. The molecule has 1 aliphatic rings. The van der Waals surface area contributed by atoms with Crippen molar-refractivity contribution < 1.29 is 4.79 Å². The molecule has 0 aliphatic carbocycles. The van der Waals surface area contributed by atoms with Gasteiger partial charge in [0.05, 0.1) is 6.67 Å². The zero-order chi connectivity index (χ0) is 13.7. The van der Waals surface area contributed by atoms with E-state index in [1.54, 1.807) is 23.7 Å². The molecule has 1 fully saturated rings. The van der Waals surface area contributed by atoms with Gasteiger partial charge in [0.25, 0.3) is 0 Å². The Hall–Kier alpha value is -0.860. The van der Waals surface area contributed by atoms with Crippen molar-refractivity contribution in [1.82, 2.24) is 20.6 Å². The Kier molecular flexibility index (Phi) is 5.41. The van der Waals surface area contributed by atoms with Crippen LogP contribution >= 0.6 is 23.1 Å². The van der Waals surface area contributed by atoms with Gasteiger partial charge in [-0.05, 0) is 6.42 Å². The fourth-order valence-corrected chi connectivity index (χ4v) is 3.60. The predicted molar refractivity (Wildman–Crippen MR) is 78.4 cm³/mol. The van der Waals surface area contributed by atoms with Crippen molar-refractivity contribution in [2.24, 2.45) is 0 Å². The number of amides is 2. The van der Waals surface area contributed by atoms with E-state index in [4.69, 9.17) is 0 Å². The van der Waals surface area contributed by atoms with E-state index in [1.165, 1.54) is 42.0 Å². The second kappa shape index (κ2) is 7.06. The van der Waals surface area contributed by atoms with E-state index in [2.05, 4.69) is 22.5 Å². The summed E-state index contributed by atoms with van der Waals surface area (Å²) in [5.74, 6) is 1.07. The SMILES string of the molecule is CCCCCCSc1nnc(N2CNN(C)C2=O)s1. The van der Waals surface area contributed by atoms with E-state index >= 15 is 0 Å². The van der Waals surface area contributed by atoms with Gasteiger partial charge >= 0.3 is 6.03 Å². The lowest BCUT2D eigenvalue weighted by Crippen LogP contribution is -2.31. The minimum atomic E-state index is -0.0874. The lowest BCUT2D eigenvalue weighted by Gasteiger charge is -2.08. The topological polar surface area (TPSA) is 61.4 Å². The number of hydrazine groups is 1. The molecule has 0 radical (unpaired) electrons. The summed E-state index contributed by atoms with van der Waals surface area (Å²) in [6.45, 7) is 2.67. The van der Waals surface area contributed by atoms with Crippen LogP contribution in [0, 0.1) is 0 Å². The average Bonchev–Trinajstić information content (AvgIpc) is 2.98. The highest BCUT2D eigenvalue weighted by molar-refractivity contribution is 8.01. The highest BCUT2D eigenvalue weighted by atomic mass is 32.2. The van der Waals surface area contributed by atoms with Crippen molar-refractivity contribution in [3.63, 3.8) is 0 Å². The van der Waals surface area contributed by atoms with Crippen LogP contribution < -0.4 is 10.3 Å². The van der Waals surface area contributed by atoms with E-state index in [-0.39, 0.29) is 6.03 Å². The summed E-state index contributed by atoms with van der Waals surface area (Å²) in [5, 5.41) is 10.3. The molecule has 1 saturated heterocycles. The van der Waals surface area contributed by atoms with Gasteiger partial charge < -0.3 is 0 Å². The number of carbonyl (C=O) groups is 1. The summed E-state index contributed by atoms with van der Waals surface area (Å²) in [7, 11) is 1.70. The van der Waals surface area contributed by atoms with Crippen LogP contribution in [-0.4, -0.2) is 40.7 Å². The lowest BCUT2D eigenvalue weighted by molar-refractivity contribution is 0.217. The molecule has 8 heteroatoms. The maximum atomic E-state index is 11.8. The number of thioether (sulfide) groups is 1. The molecule has 2 amide bonds. The van der Waals surface area contributed by atoms with Gasteiger partial charge in [0, 0.05) is 12.8 Å². The molecule has 0 spiro atoms. The number of nitrogens with zero attached hydrogens (tertiary/aromatic N) is 4. The number of hydrogen-bond acceptors (Lipinski definition) is 6. The third-order valence-electron chi connectivity index (χ3n) is 2.83. The van der Waals surface area contributed by atoms with Crippen LogP contribution in [0.5, 0.6) is 0 Å². The van der Waals surface area contributed by atoms with Crippen LogP contribution in [0.3, 0.4) is 0 Å². The number of anilines is 1. The van der Waals surface area contributed by atoms with Crippen LogP contribution in [-0.2, 0) is 0 Å². The summed E-state index contributed by atoms with van der Waals surface area (Å²) in [6.07, 6.45) is 5.03. The average molecular weight is 301 g/mol. The minimum absolute atomic E-state index is 0.0874. The lowest BCUT2D eigenvalue weighted by atomic mass is 10.2. The van der Waals surface area contributed by atoms with Crippen molar-refractivity contribution >= 4 is 34.3 Å². The monoisotopic (exact) mass is 301 g/mol. The number of hydrogen-bond donors (Lipinski definition) is 1. The van der Waals surface area contributed by atoms with E-state index in [0.717, 1.165) is 10.1 Å². The molecule has 1 aliphatic heterocycles. The molecular formula is C11H19N5OS2. The molecule has 1 N–H and O–H groups in total. The maximum absolute atomic E-state index is 11.8. The molecule has 2 rings (SSSR count). The van der Waals surface area contributed by atoms with E-state index in [1.807, 2.05) is 0 Å². The van der Waals surface area contributed by atoms with Crippen LogP contribution in [0.1, 0.15) is 32.6 Å². The standard InChI is InChI=1S/C11H19N5OS2/c1-3-4-5-6-7-18-10-14-13-9(19-10)16-8-12-15(2)11(16)17/h12H,3-8H2,1-2H3. The molecule has 2 heterocycles. The molecule has 6 nitrogen and oxygen atoms in total. The molecule has 19 heavy (non-hydrogen) atoms. The number of carbonyl (C=O) groups excluding carboxylic acids is 1. The molecule has 0 saturated carbocycles. The van der Waals surface area contributed by atoms with Gasteiger partial charge in [0.2, 0.25) is 5.13 Å². The smallest absolute Gasteiger partial charge is 0.261 e. The van der Waals surface area contributed by atoms with E-state index in [0.29, 0.717) is 11.8 Å². The second-order valence-electron chi connectivity index (χ2n) is 4.35. The van der Waals surface area contributed by atoms with Gasteiger partial charge in [0.15, 0.2) is 4.34 Å². The van der Waals surface area contributed by atoms with Crippen molar-refractivity contribution in [3.05, 3.63) is 0 Å². The van der Waals surface area contributed by atoms with Crippen LogP contribution in [0.2, 0.25) is 0 Å². The Bertz CT molecular complexity index is 425. The van der Waals surface area contributed by atoms with E-state index < -0.39 is 0 Å². The van der Waals surface area contributed by atoms with Crippen molar-refractivity contribution in [2.45, 2.75) is 36.9 Å². The molecule has 0 atom stereocenters. The molecule has 0 aromatic carbocycles. The molecule has 1 aromatic heterocycles. The molecule has 0 bridgehead atoms. The quantitative estimate of drug-likeness (QED) is 0.476. The maximum Gasteiger partial charge on any atom is 0.341 e. The third kappa shape index (κ3) is 3.80. The molecular weight excluding hydrogens is 282 g/mol. The van der Waals surface area contributed by atoms with Gasteiger partial charge in [-0.25, -0.2) is 10.2 Å². The number of urea groups is 1. The zero-order valence-corrected chi connectivity index (χ0v) is 12.9. The predicted octanol–water partition coefficient (Wildman–Crippen LogP) is 2.54. The van der Waals surface area contributed by atoms with Crippen molar-refractivity contribution in [3.8, 4) is 0 Å². The summed E-state index contributed by atoms with van der Waals surface area (Å²) in [6, 6.07) is -0.0874. The van der Waals surface area contributed by atoms with Crippen LogP contribution in [0.4, 0.5) is 9.93 Å². The summed E-state index contributed by atoms with van der Waals surface area (Å²) in [4.78, 5) is 13.4.